The lowest BCUT2D eigenvalue weighted by Crippen LogP contribution is -2.44. The number of likely N-dealkylation sites (N-methyl/N-ethyl adjacent to an activating group) is 1. The van der Waals surface area contributed by atoms with Crippen molar-refractivity contribution >= 4 is 5.84 Å². The van der Waals surface area contributed by atoms with E-state index < -0.39 is 5.09 Å². The van der Waals surface area contributed by atoms with Gasteiger partial charge >= 0.3 is 0 Å². The molecule has 1 aromatic heterocycles. The van der Waals surface area contributed by atoms with Crippen molar-refractivity contribution in [2.75, 3.05) is 13.6 Å². The summed E-state index contributed by atoms with van der Waals surface area (Å²) in [4.78, 5) is 19.6. The van der Waals surface area contributed by atoms with Gasteiger partial charge in [-0.1, -0.05) is 12.8 Å². The van der Waals surface area contributed by atoms with Crippen LogP contribution in [0.2, 0.25) is 0 Å². The van der Waals surface area contributed by atoms with Crippen molar-refractivity contribution in [1.82, 2.24) is 9.88 Å². The van der Waals surface area contributed by atoms with Crippen molar-refractivity contribution in [2.45, 2.75) is 31.2 Å². The molecule has 3 rings (SSSR count). The number of pyridine rings is 1. The maximum Gasteiger partial charge on any atom is 0.291 e. The Morgan fingerprint density at radius 2 is 2.10 bits per heavy atom. The van der Waals surface area contributed by atoms with Gasteiger partial charge in [0.05, 0.1) is 12.1 Å². The van der Waals surface area contributed by atoms with Gasteiger partial charge in [-0.2, -0.15) is 0 Å². The third-order valence-electron chi connectivity index (χ3n) is 4.01. The minimum atomic E-state index is -1.50. The van der Waals surface area contributed by atoms with Crippen LogP contribution in [0, 0.1) is 10.1 Å². The molecule has 1 N–H and O–H groups in total. The van der Waals surface area contributed by atoms with E-state index in [1.54, 1.807) is 0 Å². The zero-order valence-electron chi connectivity index (χ0n) is 11.4. The summed E-state index contributed by atoms with van der Waals surface area (Å²) in [6.45, 7) is 0.966. The molecule has 0 unspecified atom stereocenters. The average Bonchev–Trinajstić information content (AvgIpc) is 3.01. The molecular formula is C13H18N4O3. The Balaban J connectivity index is 0.000000328. The van der Waals surface area contributed by atoms with Gasteiger partial charge in [-0.3, -0.25) is 9.98 Å². The summed E-state index contributed by atoms with van der Waals surface area (Å²) in [6.07, 6.45) is 8.99. The third kappa shape index (κ3) is 2.87. The van der Waals surface area contributed by atoms with Crippen LogP contribution in [-0.2, 0) is 0 Å². The molecule has 1 saturated carbocycles. The first-order valence-electron chi connectivity index (χ1n) is 6.57. The largest absolute Gasteiger partial charge is 0.352 e. The van der Waals surface area contributed by atoms with Crippen molar-refractivity contribution in [2.24, 2.45) is 4.99 Å². The highest BCUT2D eigenvalue weighted by atomic mass is 16.9. The van der Waals surface area contributed by atoms with E-state index in [9.17, 15) is 0 Å². The Kier molecular flexibility index (Phi) is 4.16. The molecule has 7 heteroatoms. The Morgan fingerprint density at radius 1 is 1.45 bits per heavy atom. The fourth-order valence-corrected chi connectivity index (χ4v) is 2.97. The normalized spacial score (nSPS) is 19.4. The highest BCUT2D eigenvalue weighted by Gasteiger charge is 2.42. The standard InChI is InChI=1S/C13H17N3.HNO3/c1-16-12(11-5-4-8-14-9-11)15-10-13(16)6-2-3-7-13;2-1(3)4/h4-5,8-9H,2-3,6-7,10H2,1H3;(H,2,3,4). The number of aliphatic imine (C=N–C) groups is 1. The van der Waals surface area contributed by atoms with E-state index in [2.05, 4.69) is 23.0 Å². The number of hydrogen-bond donors (Lipinski definition) is 1. The van der Waals surface area contributed by atoms with E-state index in [0.717, 1.165) is 17.9 Å². The predicted octanol–water partition coefficient (Wildman–Crippen LogP) is 1.74. The van der Waals surface area contributed by atoms with Crippen LogP contribution in [0.25, 0.3) is 0 Å². The van der Waals surface area contributed by atoms with Gasteiger partial charge in [-0.15, -0.1) is 10.1 Å². The summed E-state index contributed by atoms with van der Waals surface area (Å²) in [7, 11) is 2.18. The fourth-order valence-electron chi connectivity index (χ4n) is 2.97. The molecule has 0 aromatic carbocycles. The first-order valence-corrected chi connectivity index (χ1v) is 6.57. The van der Waals surface area contributed by atoms with Gasteiger partial charge in [0.15, 0.2) is 0 Å². The van der Waals surface area contributed by atoms with Crippen LogP contribution in [0.4, 0.5) is 0 Å². The summed E-state index contributed by atoms with van der Waals surface area (Å²) in [5.74, 6) is 1.12. The van der Waals surface area contributed by atoms with Gasteiger partial charge in [0.25, 0.3) is 5.09 Å². The first-order chi connectivity index (χ1) is 9.55. The molecular weight excluding hydrogens is 260 g/mol. The van der Waals surface area contributed by atoms with E-state index in [1.165, 1.54) is 25.7 Å². The maximum atomic E-state index is 8.36. The second kappa shape index (κ2) is 5.85. The Labute approximate surface area is 117 Å². The van der Waals surface area contributed by atoms with Gasteiger partial charge in [0.1, 0.15) is 5.84 Å². The number of rotatable bonds is 1. The topological polar surface area (TPSA) is 91.9 Å². The summed E-state index contributed by atoms with van der Waals surface area (Å²) < 4.78 is 0. The van der Waals surface area contributed by atoms with E-state index in [0.29, 0.717) is 5.54 Å². The predicted molar refractivity (Wildman–Crippen MR) is 73.4 cm³/mol. The van der Waals surface area contributed by atoms with Crippen molar-refractivity contribution in [1.29, 1.82) is 0 Å². The number of nitrogens with zero attached hydrogens (tertiary/aromatic N) is 4. The van der Waals surface area contributed by atoms with Gasteiger partial charge in [0, 0.05) is 25.0 Å². The van der Waals surface area contributed by atoms with E-state index in [4.69, 9.17) is 20.3 Å². The Hall–Kier alpha value is -2.18. The highest BCUT2D eigenvalue weighted by molar-refractivity contribution is 6.00. The van der Waals surface area contributed by atoms with Crippen LogP contribution in [0.5, 0.6) is 0 Å². The number of hydrogen-bond acceptors (Lipinski definition) is 5. The molecule has 1 aliphatic carbocycles. The summed E-state index contributed by atoms with van der Waals surface area (Å²) in [6, 6.07) is 4.07. The van der Waals surface area contributed by atoms with E-state index in [1.807, 2.05) is 18.5 Å². The van der Waals surface area contributed by atoms with Crippen molar-refractivity contribution in [3.63, 3.8) is 0 Å². The van der Waals surface area contributed by atoms with Crippen LogP contribution < -0.4 is 0 Å². The molecule has 20 heavy (non-hydrogen) atoms. The van der Waals surface area contributed by atoms with Crippen LogP contribution >= 0.6 is 0 Å². The molecule has 0 atom stereocenters. The molecule has 1 fully saturated rings. The smallest absolute Gasteiger partial charge is 0.291 e. The summed E-state index contributed by atoms with van der Waals surface area (Å²) in [5, 5.41) is 13.6. The monoisotopic (exact) mass is 278 g/mol. The molecule has 108 valence electrons. The quantitative estimate of drug-likeness (QED) is 0.624. The Bertz CT molecular complexity index is 494. The minimum Gasteiger partial charge on any atom is -0.352 e. The molecule has 0 saturated heterocycles. The highest BCUT2D eigenvalue weighted by Crippen LogP contribution is 2.38. The lowest BCUT2D eigenvalue weighted by molar-refractivity contribution is -0.742. The molecule has 1 aromatic rings. The SMILES string of the molecule is CN1C(c2cccnc2)=NCC12CCCC2.O=[N+]([O-])O. The van der Waals surface area contributed by atoms with Crippen molar-refractivity contribution in [3.05, 3.63) is 40.2 Å². The fraction of sp³-hybridized carbons (Fsp3) is 0.538. The molecule has 0 radical (unpaired) electrons. The van der Waals surface area contributed by atoms with Gasteiger partial charge in [0.2, 0.25) is 0 Å². The second-order valence-corrected chi connectivity index (χ2v) is 5.11. The van der Waals surface area contributed by atoms with Crippen LogP contribution in [0.1, 0.15) is 31.2 Å². The molecule has 2 aliphatic rings. The molecule has 7 nitrogen and oxygen atoms in total. The lowest BCUT2D eigenvalue weighted by Gasteiger charge is -2.33. The van der Waals surface area contributed by atoms with E-state index in [-0.39, 0.29) is 0 Å². The zero-order valence-corrected chi connectivity index (χ0v) is 11.4. The molecule has 0 bridgehead atoms. The summed E-state index contributed by atoms with van der Waals surface area (Å²) in [5.41, 5.74) is 1.47. The van der Waals surface area contributed by atoms with Crippen LogP contribution in [-0.4, -0.2) is 45.1 Å². The van der Waals surface area contributed by atoms with Crippen LogP contribution in [0.15, 0.2) is 29.5 Å². The lowest BCUT2D eigenvalue weighted by atomic mass is 9.97. The van der Waals surface area contributed by atoms with Gasteiger partial charge in [-0.25, -0.2) is 0 Å². The average molecular weight is 278 g/mol. The molecule has 1 spiro atoms. The second-order valence-electron chi connectivity index (χ2n) is 5.11. The number of amidine groups is 1. The number of aromatic nitrogens is 1. The minimum absolute atomic E-state index is 0.325. The first kappa shape index (κ1) is 14.2. The van der Waals surface area contributed by atoms with Crippen molar-refractivity contribution < 1.29 is 10.3 Å². The molecule has 2 heterocycles. The summed E-state index contributed by atoms with van der Waals surface area (Å²) >= 11 is 0. The van der Waals surface area contributed by atoms with Gasteiger partial charge < -0.3 is 10.1 Å². The van der Waals surface area contributed by atoms with Crippen LogP contribution in [0.3, 0.4) is 0 Å². The Morgan fingerprint density at radius 3 is 2.65 bits per heavy atom. The maximum absolute atomic E-state index is 8.36. The van der Waals surface area contributed by atoms with E-state index >= 15 is 0 Å². The van der Waals surface area contributed by atoms with Gasteiger partial charge in [-0.05, 0) is 25.0 Å². The molecule has 0 amide bonds. The molecule has 1 aliphatic heterocycles. The zero-order chi connectivity index (χ0) is 14.6. The van der Waals surface area contributed by atoms with Crippen molar-refractivity contribution in [3.8, 4) is 0 Å². The third-order valence-corrected chi connectivity index (χ3v) is 4.01.